The number of carbonyl (C=O) groups excluding carboxylic acids is 1. The smallest absolute Gasteiger partial charge is 0.308 e. The van der Waals surface area contributed by atoms with Crippen LogP contribution in [0.3, 0.4) is 0 Å². The van der Waals surface area contributed by atoms with Gasteiger partial charge in [-0.25, -0.2) is 0 Å². The number of nitrogens with zero attached hydrogens (tertiary/aromatic N) is 1. The fourth-order valence-corrected chi connectivity index (χ4v) is 7.27. The van der Waals surface area contributed by atoms with Crippen molar-refractivity contribution in [3.8, 4) is 0 Å². The second-order valence-electron chi connectivity index (χ2n) is 9.58. The van der Waals surface area contributed by atoms with Gasteiger partial charge in [0.25, 0.3) is 0 Å². The van der Waals surface area contributed by atoms with E-state index in [4.69, 9.17) is 0 Å². The number of amides is 1. The third-order valence-electron chi connectivity index (χ3n) is 8.40. The molecule has 6 atom stereocenters. The molecule has 1 amide bonds. The second-order valence-corrected chi connectivity index (χ2v) is 9.58. The second kappa shape index (κ2) is 5.59. The molecule has 1 unspecified atom stereocenters. The van der Waals surface area contributed by atoms with Crippen LogP contribution in [-0.4, -0.2) is 35.0 Å². The third kappa shape index (κ3) is 2.39. The van der Waals surface area contributed by atoms with E-state index in [-0.39, 0.29) is 23.8 Å². The summed E-state index contributed by atoms with van der Waals surface area (Å²) < 4.78 is 0. The summed E-state index contributed by atoms with van der Waals surface area (Å²) in [6, 6.07) is 0.226. The lowest BCUT2D eigenvalue weighted by Gasteiger charge is -2.60. The highest BCUT2D eigenvalue weighted by Gasteiger charge is 2.58. The van der Waals surface area contributed by atoms with Gasteiger partial charge in [0.1, 0.15) is 0 Å². The average molecular weight is 345 g/mol. The van der Waals surface area contributed by atoms with Gasteiger partial charge in [-0.2, -0.15) is 0 Å². The van der Waals surface area contributed by atoms with E-state index in [1.165, 1.54) is 38.5 Å². The molecule has 0 bridgehead atoms. The molecule has 0 spiro atoms. The largest absolute Gasteiger partial charge is 0.481 e. The Hall–Kier alpha value is -1.32. The molecule has 3 saturated carbocycles. The summed E-state index contributed by atoms with van der Waals surface area (Å²) in [5.74, 6) is 1.16. The van der Waals surface area contributed by atoms with Crippen LogP contribution in [0.4, 0.5) is 0 Å². The maximum absolute atomic E-state index is 12.6. The molecule has 1 N–H and O–H groups in total. The standard InChI is InChI=1S/C21H31NO3/c1-20-9-4-5-15(20)14-6-7-17-21(2,16(14)8-10-20)12-13(11-18(23)24)19(25)22(17)3/h12,14-17H,4-11H2,1-3H3,(H,23,24)/t14-,15-,16+,17?,20-,21+/m0/s1. The van der Waals surface area contributed by atoms with Gasteiger partial charge >= 0.3 is 5.97 Å². The maximum Gasteiger partial charge on any atom is 0.308 e. The van der Waals surface area contributed by atoms with Gasteiger partial charge in [0.2, 0.25) is 5.91 Å². The fourth-order valence-electron chi connectivity index (χ4n) is 7.27. The number of aliphatic carboxylic acids is 1. The molecule has 0 radical (unpaired) electrons. The van der Waals surface area contributed by atoms with Crippen molar-refractivity contribution in [1.82, 2.24) is 4.90 Å². The van der Waals surface area contributed by atoms with Crippen molar-refractivity contribution < 1.29 is 14.7 Å². The minimum Gasteiger partial charge on any atom is -0.481 e. The molecule has 4 aliphatic rings. The first-order valence-corrected chi connectivity index (χ1v) is 9.97. The lowest BCUT2D eigenvalue weighted by molar-refractivity contribution is -0.143. The van der Waals surface area contributed by atoms with Crippen LogP contribution in [-0.2, 0) is 9.59 Å². The number of rotatable bonds is 2. The number of fused-ring (bicyclic) bond motifs is 5. The van der Waals surface area contributed by atoms with Gasteiger partial charge < -0.3 is 10.0 Å². The van der Waals surface area contributed by atoms with Gasteiger partial charge in [-0.3, -0.25) is 9.59 Å². The molecule has 4 heteroatoms. The molecule has 4 nitrogen and oxygen atoms in total. The van der Waals surface area contributed by atoms with Crippen LogP contribution >= 0.6 is 0 Å². The summed E-state index contributed by atoms with van der Waals surface area (Å²) >= 11 is 0. The molecular weight excluding hydrogens is 314 g/mol. The Kier molecular flexibility index (Phi) is 3.82. The molecule has 3 fully saturated rings. The summed E-state index contributed by atoms with van der Waals surface area (Å²) in [6.45, 7) is 4.80. The molecule has 3 aliphatic carbocycles. The van der Waals surface area contributed by atoms with Gasteiger partial charge in [0.15, 0.2) is 0 Å². The molecule has 0 aromatic heterocycles. The number of likely N-dealkylation sites (N-methyl/N-ethyl adjacent to an activating group) is 1. The molecule has 4 rings (SSSR count). The SMILES string of the molecule is CN1C(=O)C(CC(=O)O)=C[C@@]2(C)C1CC[C@@H]1[C@H]2CC[C@]2(C)CCC[C@@H]12. The van der Waals surface area contributed by atoms with Crippen LogP contribution in [0.25, 0.3) is 0 Å². The van der Waals surface area contributed by atoms with E-state index in [0.717, 1.165) is 18.3 Å². The van der Waals surface area contributed by atoms with E-state index < -0.39 is 5.97 Å². The Balaban J connectivity index is 1.72. The average Bonchev–Trinajstić information content (AvgIpc) is 2.93. The van der Waals surface area contributed by atoms with E-state index in [0.29, 0.717) is 16.9 Å². The van der Waals surface area contributed by atoms with Crippen LogP contribution in [0.15, 0.2) is 11.6 Å². The molecule has 138 valence electrons. The number of hydrogen-bond donors (Lipinski definition) is 1. The number of carbonyl (C=O) groups is 2. The maximum atomic E-state index is 12.6. The predicted molar refractivity (Wildman–Crippen MR) is 95.9 cm³/mol. The zero-order valence-electron chi connectivity index (χ0n) is 15.8. The summed E-state index contributed by atoms with van der Waals surface area (Å²) in [6.07, 6.45) is 10.8. The summed E-state index contributed by atoms with van der Waals surface area (Å²) in [4.78, 5) is 25.8. The van der Waals surface area contributed by atoms with E-state index in [1.807, 2.05) is 11.9 Å². The number of carboxylic acid groups (broad SMARTS) is 1. The van der Waals surface area contributed by atoms with Crippen LogP contribution in [0, 0.1) is 28.6 Å². The number of hydrogen-bond acceptors (Lipinski definition) is 2. The minimum absolute atomic E-state index is 0.0692. The van der Waals surface area contributed by atoms with Crippen molar-refractivity contribution in [1.29, 1.82) is 0 Å². The third-order valence-corrected chi connectivity index (χ3v) is 8.40. The van der Waals surface area contributed by atoms with Gasteiger partial charge in [-0.15, -0.1) is 0 Å². The van der Waals surface area contributed by atoms with Crippen molar-refractivity contribution >= 4 is 11.9 Å². The predicted octanol–water partition coefficient (Wildman–Crippen LogP) is 3.86. The van der Waals surface area contributed by atoms with Crippen LogP contribution in [0.5, 0.6) is 0 Å². The number of carboxylic acids is 1. The van der Waals surface area contributed by atoms with Gasteiger partial charge in [-0.05, 0) is 61.7 Å². The molecule has 0 aromatic rings. The van der Waals surface area contributed by atoms with Crippen LogP contribution in [0.1, 0.15) is 65.2 Å². The Morgan fingerprint density at radius 2 is 1.96 bits per heavy atom. The van der Waals surface area contributed by atoms with E-state index >= 15 is 0 Å². The first-order chi connectivity index (χ1) is 11.8. The van der Waals surface area contributed by atoms with Crippen molar-refractivity contribution in [2.45, 2.75) is 71.3 Å². The highest BCUT2D eigenvalue weighted by atomic mass is 16.4. The van der Waals surface area contributed by atoms with Gasteiger partial charge in [0, 0.05) is 24.1 Å². The van der Waals surface area contributed by atoms with Crippen molar-refractivity contribution in [3.63, 3.8) is 0 Å². The van der Waals surface area contributed by atoms with Crippen LogP contribution in [0.2, 0.25) is 0 Å². The normalized spacial score (nSPS) is 46.1. The molecule has 1 aliphatic heterocycles. The highest BCUT2D eigenvalue weighted by molar-refractivity contribution is 5.98. The molecular formula is C21H31NO3. The van der Waals surface area contributed by atoms with Crippen LogP contribution < -0.4 is 0 Å². The summed E-state index contributed by atoms with van der Waals surface area (Å²) in [5.41, 5.74) is 0.948. The Labute approximate surface area is 150 Å². The molecule has 25 heavy (non-hydrogen) atoms. The minimum atomic E-state index is -0.908. The highest BCUT2D eigenvalue weighted by Crippen LogP contribution is 2.64. The van der Waals surface area contributed by atoms with Gasteiger partial charge in [-0.1, -0.05) is 26.3 Å². The van der Waals surface area contributed by atoms with Crippen molar-refractivity contribution in [3.05, 3.63) is 11.6 Å². The molecule has 0 aromatic carbocycles. The lowest BCUT2D eigenvalue weighted by Crippen LogP contribution is -2.60. The van der Waals surface area contributed by atoms with Crippen molar-refractivity contribution in [2.24, 2.45) is 28.6 Å². The first kappa shape index (κ1) is 17.1. The Bertz CT molecular complexity index is 641. The quantitative estimate of drug-likeness (QED) is 0.827. The molecule has 0 saturated heterocycles. The molecule has 1 heterocycles. The Morgan fingerprint density at radius 1 is 1.20 bits per heavy atom. The fraction of sp³-hybridized carbons (Fsp3) is 0.810. The van der Waals surface area contributed by atoms with Gasteiger partial charge in [0.05, 0.1) is 6.42 Å². The van der Waals surface area contributed by atoms with E-state index in [2.05, 4.69) is 19.9 Å². The topological polar surface area (TPSA) is 57.6 Å². The first-order valence-electron chi connectivity index (χ1n) is 9.97. The zero-order valence-corrected chi connectivity index (χ0v) is 15.8. The van der Waals surface area contributed by atoms with E-state index in [9.17, 15) is 14.7 Å². The van der Waals surface area contributed by atoms with E-state index in [1.54, 1.807) is 0 Å². The Morgan fingerprint density at radius 3 is 2.68 bits per heavy atom. The zero-order chi connectivity index (χ0) is 18.0. The summed E-state index contributed by atoms with van der Waals surface area (Å²) in [7, 11) is 1.88. The lowest BCUT2D eigenvalue weighted by atomic mass is 9.48. The van der Waals surface area contributed by atoms with Crippen molar-refractivity contribution in [2.75, 3.05) is 7.05 Å². The summed E-state index contributed by atoms with van der Waals surface area (Å²) in [5, 5.41) is 9.23. The monoisotopic (exact) mass is 345 g/mol.